The number of epoxide rings is 1. The standard InChI is InChI=1S/C9H17O2/c1-3-4-5-9(2,10)6-8-7-11-8/h8,10H,2-7H2,1H3. The van der Waals surface area contributed by atoms with Gasteiger partial charge in [0.15, 0.2) is 0 Å². The van der Waals surface area contributed by atoms with Crippen molar-refractivity contribution in [2.45, 2.75) is 44.3 Å². The topological polar surface area (TPSA) is 32.8 Å². The monoisotopic (exact) mass is 157 g/mol. The molecule has 2 heteroatoms. The molecule has 0 spiro atoms. The van der Waals surface area contributed by atoms with Gasteiger partial charge in [-0.2, -0.15) is 0 Å². The quantitative estimate of drug-likeness (QED) is 0.614. The average molecular weight is 157 g/mol. The van der Waals surface area contributed by atoms with Gasteiger partial charge in [-0.1, -0.05) is 19.8 Å². The van der Waals surface area contributed by atoms with Crippen LogP contribution in [0, 0.1) is 6.92 Å². The van der Waals surface area contributed by atoms with Crippen LogP contribution in [0.25, 0.3) is 0 Å². The first-order valence-corrected chi connectivity index (χ1v) is 4.33. The van der Waals surface area contributed by atoms with Gasteiger partial charge in [-0.15, -0.1) is 0 Å². The molecule has 0 aromatic rings. The van der Waals surface area contributed by atoms with Crippen molar-refractivity contribution in [1.82, 2.24) is 0 Å². The maximum atomic E-state index is 9.66. The zero-order chi connectivity index (χ0) is 8.32. The first kappa shape index (κ1) is 9.01. The van der Waals surface area contributed by atoms with E-state index in [2.05, 4.69) is 13.8 Å². The lowest BCUT2D eigenvalue weighted by Gasteiger charge is -2.21. The summed E-state index contributed by atoms with van der Waals surface area (Å²) >= 11 is 0. The second kappa shape index (κ2) is 3.55. The Labute approximate surface area is 68.6 Å². The maximum Gasteiger partial charge on any atom is 0.0837 e. The summed E-state index contributed by atoms with van der Waals surface area (Å²) in [5, 5.41) is 9.66. The smallest absolute Gasteiger partial charge is 0.0837 e. The molecule has 1 radical (unpaired) electrons. The van der Waals surface area contributed by atoms with Crippen molar-refractivity contribution in [2.75, 3.05) is 6.61 Å². The van der Waals surface area contributed by atoms with Gasteiger partial charge in [0, 0.05) is 6.42 Å². The summed E-state index contributed by atoms with van der Waals surface area (Å²) in [5.74, 6) is 0. The number of rotatable bonds is 5. The summed E-state index contributed by atoms with van der Waals surface area (Å²) in [5.41, 5.74) is -0.739. The van der Waals surface area contributed by atoms with E-state index in [9.17, 15) is 5.11 Å². The van der Waals surface area contributed by atoms with Crippen LogP contribution >= 0.6 is 0 Å². The van der Waals surface area contributed by atoms with Crippen molar-refractivity contribution in [3.05, 3.63) is 6.92 Å². The number of ether oxygens (including phenoxy) is 1. The van der Waals surface area contributed by atoms with Crippen molar-refractivity contribution in [3.8, 4) is 0 Å². The van der Waals surface area contributed by atoms with Gasteiger partial charge < -0.3 is 9.84 Å². The van der Waals surface area contributed by atoms with E-state index in [1.165, 1.54) is 0 Å². The van der Waals surface area contributed by atoms with Crippen molar-refractivity contribution < 1.29 is 9.84 Å². The summed E-state index contributed by atoms with van der Waals surface area (Å²) < 4.78 is 5.02. The molecule has 0 aromatic carbocycles. The van der Waals surface area contributed by atoms with Gasteiger partial charge in [-0.3, -0.25) is 0 Å². The predicted octanol–water partition coefficient (Wildman–Crippen LogP) is 1.53. The van der Waals surface area contributed by atoms with E-state index < -0.39 is 5.60 Å². The Morgan fingerprint density at radius 1 is 1.73 bits per heavy atom. The lowest BCUT2D eigenvalue weighted by atomic mass is 9.94. The molecule has 1 saturated heterocycles. The Morgan fingerprint density at radius 3 is 2.82 bits per heavy atom. The minimum atomic E-state index is -0.739. The van der Waals surface area contributed by atoms with Crippen LogP contribution in [0.5, 0.6) is 0 Å². The van der Waals surface area contributed by atoms with Gasteiger partial charge in [0.2, 0.25) is 0 Å². The summed E-state index contributed by atoms with van der Waals surface area (Å²) in [7, 11) is 0. The van der Waals surface area contributed by atoms with Gasteiger partial charge in [0.05, 0.1) is 18.3 Å². The third-order valence-electron chi connectivity index (χ3n) is 2.01. The molecule has 0 saturated carbocycles. The van der Waals surface area contributed by atoms with E-state index in [4.69, 9.17) is 4.74 Å². The lowest BCUT2D eigenvalue weighted by Crippen LogP contribution is -2.26. The molecular formula is C9H17O2. The molecule has 0 bridgehead atoms. The van der Waals surface area contributed by atoms with E-state index in [1.807, 2.05) is 0 Å². The van der Waals surface area contributed by atoms with Crippen LogP contribution in [0.15, 0.2) is 0 Å². The molecule has 0 amide bonds. The second-order valence-electron chi connectivity index (χ2n) is 3.49. The fourth-order valence-electron chi connectivity index (χ4n) is 1.22. The van der Waals surface area contributed by atoms with Gasteiger partial charge in [0.25, 0.3) is 0 Å². The number of aliphatic hydroxyl groups is 1. The number of hydrogen-bond donors (Lipinski definition) is 1. The van der Waals surface area contributed by atoms with Gasteiger partial charge in [-0.05, 0) is 13.3 Å². The van der Waals surface area contributed by atoms with Gasteiger partial charge >= 0.3 is 0 Å². The van der Waals surface area contributed by atoms with E-state index in [0.29, 0.717) is 6.42 Å². The highest BCUT2D eigenvalue weighted by Crippen LogP contribution is 2.25. The van der Waals surface area contributed by atoms with E-state index in [0.717, 1.165) is 25.9 Å². The normalized spacial score (nSPS) is 28.1. The Bertz CT molecular complexity index is 117. The van der Waals surface area contributed by atoms with E-state index in [-0.39, 0.29) is 6.10 Å². The highest BCUT2D eigenvalue weighted by Gasteiger charge is 2.32. The highest BCUT2D eigenvalue weighted by molar-refractivity contribution is 4.87. The first-order valence-electron chi connectivity index (χ1n) is 4.33. The van der Waals surface area contributed by atoms with Crippen LogP contribution in [0.2, 0.25) is 0 Å². The Morgan fingerprint density at radius 2 is 2.36 bits per heavy atom. The van der Waals surface area contributed by atoms with Crippen molar-refractivity contribution >= 4 is 0 Å². The number of unbranched alkanes of at least 4 members (excludes halogenated alkanes) is 1. The number of hydrogen-bond acceptors (Lipinski definition) is 2. The first-order chi connectivity index (χ1) is 5.14. The van der Waals surface area contributed by atoms with E-state index in [1.54, 1.807) is 0 Å². The summed E-state index contributed by atoms with van der Waals surface area (Å²) in [6.45, 7) is 6.69. The molecule has 1 rings (SSSR count). The van der Waals surface area contributed by atoms with E-state index >= 15 is 0 Å². The van der Waals surface area contributed by atoms with Crippen LogP contribution in [0.1, 0.15) is 32.6 Å². The molecule has 65 valence electrons. The molecule has 1 aliphatic heterocycles. The molecule has 1 aliphatic rings. The summed E-state index contributed by atoms with van der Waals surface area (Å²) in [4.78, 5) is 0. The zero-order valence-corrected chi connectivity index (χ0v) is 7.18. The summed E-state index contributed by atoms with van der Waals surface area (Å²) in [6.07, 6.45) is 3.95. The molecule has 2 nitrogen and oxygen atoms in total. The average Bonchev–Trinajstić information content (AvgIpc) is 2.67. The van der Waals surface area contributed by atoms with Crippen LogP contribution in [-0.2, 0) is 4.74 Å². The van der Waals surface area contributed by atoms with Crippen molar-refractivity contribution in [2.24, 2.45) is 0 Å². The third-order valence-corrected chi connectivity index (χ3v) is 2.01. The molecule has 2 unspecified atom stereocenters. The molecule has 0 aliphatic carbocycles. The molecule has 0 aromatic heterocycles. The van der Waals surface area contributed by atoms with Gasteiger partial charge in [0.1, 0.15) is 0 Å². The van der Waals surface area contributed by atoms with Crippen LogP contribution < -0.4 is 0 Å². The predicted molar refractivity (Wildman–Crippen MR) is 44.2 cm³/mol. The third kappa shape index (κ3) is 3.73. The molecular weight excluding hydrogens is 140 g/mol. The Balaban J connectivity index is 2.14. The van der Waals surface area contributed by atoms with Crippen LogP contribution in [0.4, 0.5) is 0 Å². The van der Waals surface area contributed by atoms with Crippen LogP contribution in [0.3, 0.4) is 0 Å². The summed E-state index contributed by atoms with van der Waals surface area (Å²) in [6, 6.07) is 0. The fraction of sp³-hybridized carbons (Fsp3) is 0.889. The minimum Gasteiger partial charge on any atom is -0.390 e. The fourth-order valence-corrected chi connectivity index (χ4v) is 1.22. The second-order valence-corrected chi connectivity index (χ2v) is 3.49. The zero-order valence-electron chi connectivity index (χ0n) is 7.18. The minimum absolute atomic E-state index is 0.286. The Hall–Kier alpha value is -0.0800. The molecule has 1 fully saturated rings. The Kier molecular flexibility index (Phi) is 2.90. The molecule has 1 N–H and O–H groups in total. The largest absolute Gasteiger partial charge is 0.390 e. The SMILES string of the molecule is [CH2]C(O)(CCCC)CC1CO1. The molecule has 1 heterocycles. The lowest BCUT2D eigenvalue weighted by molar-refractivity contribution is 0.0586. The maximum absolute atomic E-state index is 9.66. The van der Waals surface area contributed by atoms with Gasteiger partial charge in [-0.25, -0.2) is 0 Å². The molecule has 2 atom stereocenters. The van der Waals surface area contributed by atoms with Crippen LogP contribution in [-0.4, -0.2) is 23.4 Å². The van der Waals surface area contributed by atoms with Crippen molar-refractivity contribution in [1.29, 1.82) is 0 Å². The molecule has 11 heavy (non-hydrogen) atoms. The van der Waals surface area contributed by atoms with Crippen molar-refractivity contribution in [3.63, 3.8) is 0 Å². The highest BCUT2D eigenvalue weighted by atomic mass is 16.6.